The van der Waals surface area contributed by atoms with Crippen molar-refractivity contribution >= 4 is 16.9 Å². The maximum Gasteiger partial charge on any atom is 0.323 e. The first-order valence-electron chi connectivity index (χ1n) is 7.33. The number of H-pyrrole nitrogens is 2. The van der Waals surface area contributed by atoms with Gasteiger partial charge in [-0.1, -0.05) is 24.3 Å². The van der Waals surface area contributed by atoms with E-state index in [1.54, 1.807) is 36.4 Å². The number of imidazole rings is 1. The molecule has 23 heavy (non-hydrogen) atoms. The molecular formula is C17H16FN3O2. The molecule has 2 aromatic carbocycles. The number of aromatic nitrogens is 2. The van der Waals surface area contributed by atoms with Gasteiger partial charge in [0.2, 0.25) is 5.91 Å². The third kappa shape index (κ3) is 3.66. The van der Waals surface area contributed by atoms with Crippen molar-refractivity contribution in [3.05, 3.63) is 69.9 Å². The smallest absolute Gasteiger partial charge is 0.323 e. The molecule has 0 saturated heterocycles. The standard InChI is InChI=1S/C17H16FN3O2/c18-13-4-2-1-3-12(13)7-8-19-16(22)10-11-5-6-14-15(9-11)21-17(23)20-14/h1-6,9H,7-8,10H2,(H,19,22)(H2,20,21,23). The Labute approximate surface area is 131 Å². The number of nitrogens with one attached hydrogen (secondary N) is 3. The minimum Gasteiger partial charge on any atom is -0.355 e. The summed E-state index contributed by atoms with van der Waals surface area (Å²) < 4.78 is 13.5. The van der Waals surface area contributed by atoms with E-state index in [0.29, 0.717) is 29.6 Å². The summed E-state index contributed by atoms with van der Waals surface area (Å²) in [6, 6.07) is 11.8. The van der Waals surface area contributed by atoms with Gasteiger partial charge in [0, 0.05) is 6.54 Å². The number of aromatic amines is 2. The van der Waals surface area contributed by atoms with Crippen molar-refractivity contribution in [2.75, 3.05) is 6.54 Å². The number of hydrogen-bond acceptors (Lipinski definition) is 2. The molecule has 5 nitrogen and oxygen atoms in total. The summed E-state index contributed by atoms with van der Waals surface area (Å²) in [5.41, 5.74) is 2.49. The first-order chi connectivity index (χ1) is 11.1. The van der Waals surface area contributed by atoms with Crippen molar-refractivity contribution in [3.63, 3.8) is 0 Å². The molecular weight excluding hydrogens is 297 g/mol. The first kappa shape index (κ1) is 15.0. The molecule has 118 valence electrons. The lowest BCUT2D eigenvalue weighted by atomic mass is 10.1. The Hall–Kier alpha value is -2.89. The molecule has 0 aliphatic carbocycles. The van der Waals surface area contributed by atoms with E-state index in [0.717, 1.165) is 5.56 Å². The van der Waals surface area contributed by atoms with Gasteiger partial charge in [0.1, 0.15) is 5.82 Å². The maximum atomic E-state index is 13.5. The number of hydrogen-bond donors (Lipinski definition) is 3. The van der Waals surface area contributed by atoms with Crippen molar-refractivity contribution in [1.82, 2.24) is 15.3 Å². The summed E-state index contributed by atoms with van der Waals surface area (Å²) in [4.78, 5) is 28.5. The molecule has 6 heteroatoms. The SMILES string of the molecule is O=C(Cc1ccc2[nH]c(=O)[nH]c2c1)NCCc1ccccc1F. The summed E-state index contributed by atoms with van der Waals surface area (Å²) in [5, 5.41) is 2.77. The van der Waals surface area contributed by atoms with Crippen LogP contribution in [0.4, 0.5) is 4.39 Å². The van der Waals surface area contributed by atoms with Crippen LogP contribution < -0.4 is 11.0 Å². The van der Waals surface area contributed by atoms with Crippen LogP contribution in [0.15, 0.2) is 47.3 Å². The Morgan fingerprint density at radius 3 is 2.70 bits per heavy atom. The van der Waals surface area contributed by atoms with E-state index in [1.165, 1.54) is 6.07 Å². The molecule has 1 amide bonds. The number of fused-ring (bicyclic) bond motifs is 1. The average Bonchev–Trinajstić information content (AvgIpc) is 2.88. The molecule has 1 heterocycles. The fourth-order valence-corrected chi connectivity index (χ4v) is 2.48. The Balaban J connectivity index is 1.56. The lowest BCUT2D eigenvalue weighted by Gasteiger charge is -2.06. The van der Waals surface area contributed by atoms with Crippen LogP contribution in [-0.2, 0) is 17.6 Å². The molecule has 0 aliphatic rings. The second kappa shape index (κ2) is 6.48. The van der Waals surface area contributed by atoms with Crippen LogP contribution in [0.1, 0.15) is 11.1 Å². The molecule has 0 spiro atoms. The number of benzene rings is 2. The van der Waals surface area contributed by atoms with Crippen LogP contribution in [0, 0.1) is 5.82 Å². The molecule has 3 rings (SSSR count). The van der Waals surface area contributed by atoms with Crippen LogP contribution in [0.25, 0.3) is 11.0 Å². The van der Waals surface area contributed by atoms with Crippen LogP contribution >= 0.6 is 0 Å². The Morgan fingerprint density at radius 2 is 1.87 bits per heavy atom. The van der Waals surface area contributed by atoms with Gasteiger partial charge >= 0.3 is 5.69 Å². The lowest BCUT2D eigenvalue weighted by Crippen LogP contribution is -2.27. The molecule has 1 aromatic heterocycles. The lowest BCUT2D eigenvalue weighted by molar-refractivity contribution is -0.120. The van der Waals surface area contributed by atoms with Crippen LogP contribution in [0.5, 0.6) is 0 Å². The molecule has 0 unspecified atom stereocenters. The second-order valence-electron chi connectivity index (χ2n) is 5.33. The van der Waals surface area contributed by atoms with Gasteiger partial charge in [-0.25, -0.2) is 9.18 Å². The van der Waals surface area contributed by atoms with Crippen molar-refractivity contribution in [1.29, 1.82) is 0 Å². The van der Waals surface area contributed by atoms with Gasteiger partial charge in [-0.05, 0) is 35.7 Å². The van der Waals surface area contributed by atoms with E-state index in [-0.39, 0.29) is 23.8 Å². The normalized spacial score (nSPS) is 10.8. The van der Waals surface area contributed by atoms with Gasteiger partial charge in [0.15, 0.2) is 0 Å². The van der Waals surface area contributed by atoms with E-state index in [9.17, 15) is 14.0 Å². The van der Waals surface area contributed by atoms with E-state index in [4.69, 9.17) is 0 Å². The number of rotatable bonds is 5. The van der Waals surface area contributed by atoms with Gasteiger partial charge < -0.3 is 15.3 Å². The molecule has 0 aliphatic heterocycles. The molecule has 3 N–H and O–H groups in total. The monoisotopic (exact) mass is 313 g/mol. The Morgan fingerprint density at radius 1 is 1.09 bits per heavy atom. The summed E-state index contributed by atoms with van der Waals surface area (Å²) >= 11 is 0. The highest BCUT2D eigenvalue weighted by molar-refractivity contribution is 5.81. The summed E-state index contributed by atoms with van der Waals surface area (Å²) in [6.07, 6.45) is 0.656. The van der Waals surface area contributed by atoms with E-state index in [1.807, 2.05) is 0 Å². The topological polar surface area (TPSA) is 77.8 Å². The summed E-state index contributed by atoms with van der Waals surface area (Å²) in [6.45, 7) is 0.378. The number of carbonyl (C=O) groups is 1. The highest BCUT2D eigenvalue weighted by Gasteiger charge is 2.06. The maximum absolute atomic E-state index is 13.5. The molecule has 3 aromatic rings. The van der Waals surface area contributed by atoms with Crippen LogP contribution in [0.3, 0.4) is 0 Å². The summed E-state index contributed by atoms with van der Waals surface area (Å²) in [5.74, 6) is -0.401. The van der Waals surface area contributed by atoms with Crippen LogP contribution in [-0.4, -0.2) is 22.4 Å². The minimum absolute atomic E-state index is 0.140. The first-order valence-corrected chi connectivity index (χ1v) is 7.33. The van der Waals surface area contributed by atoms with E-state index in [2.05, 4.69) is 15.3 Å². The number of amides is 1. The van der Waals surface area contributed by atoms with Crippen LogP contribution in [0.2, 0.25) is 0 Å². The van der Waals surface area contributed by atoms with Gasteiger partial charge in [-0.2, -0.15) is 0 Å². The highest BCUT2D eigenvalue weighted by atomic mass is 19.1. The highest BCUT2D eigenvalue weighted by Crippen LogP contribution is 2.11. The third-order valence-electron chi connectivity index (χ3n) is 3.62. The summed E-state index contributed by atoms with van der Waals surface area (Å²) in [7, 11) is 0. The van der Waals surface area contributed by atoms with Gasteiger partial charge in [0.25, 0.3) is 0 Å². The van der Waals surface area contributed by atoms with Crippen molar-refractivity contribution in [3.8, 4) is 0 Å². The quantitative estimate of drug-likeness (QED) is 0.673. The zero-order valence-electron chi connectivity index (χ0n) is 12.4. The number of carbonyl (C=O) groups excluding carboxylic acids is 1. The van der Waals surface area contributed by atoms with Gasteiger partial charge in [0.05, 0.1) is 17.5 Å². The zero-order valence-corrected chi connectivity index (χ0v) is 12.4. The zero-order chi connectivity index (χ0) is 16.2. The minimum atomic E-state index is -0.272. The molecule has 0 atom stereocenters. The Bertz CT molecular complexity index is 898. The fraction of sp³-hybridized carbons (Fsp3) is 0.176. The average molecular weight is 313 g/mol. The predicted octanol–water partition coefficient (Wildman–Crippen LogP) is 1.90. The molecule has 0 saturated carbocycles. The van der Waals surface area contributed by atoms with Crippen molar-refractivity contribution in [2.45, 2.75) is 12.8 Å². The molecule has 0 radical (unpaired) electrons. The Kier molecular flexibility index (Phi) is 4.23. The largest absolute Gasteiger partial charge is 0.355 e. The predicted molar refractivity (Wildman–Crippen MR) is 85.7 cm³/mol. The van der Waals surface area contributed by atoms with Gasteiger partial charge in [-0.3, -0.25) is 4.79 Å². The number of halogens is 1. The van der Waals surface area contributed by atoms with E-state index >= 15 is 0 Å². The van der Waals surface area contributed by atoms with Crippen molar-refractivity contribution < 1.29 is 9.18 Å². The molecule has 0 bridgehead atoms. The third-order valence-corrected chi connectivity index (χ3v) is 3.62. The molecule has 0 fully saturated rings. The van der Waals surface area contributed by atoms with E-state index < -0.39 is 0 Å². The van der Waals surface area contributed by atoms with Gasteiger partial charge in [-0.15, -0.1) is 0 Å². The fourth-order valence-electron chi connectivity index (χ4n) is 2.48. The van der Waals surface area contributed by atoms with Crippen molar-refractivity contribution in [2.24, 2.45) is 0 Å². The second-order valence-corrected chi connectivity index (χ2v) is 5.33.